The number of allylic oxidation sites excluding steroid dienone is 8. The Labute approximate surface area is 614 Å². The lowest BCUT2D eigenvalue weighted by molar-refractivity contribution is -0.359. The monoisotopic (exact) mass is 1420 g/mol. The Bertz CT molecular complexity index is 1870. The van der Waals surface area contributed by atoms with Crippen molar-refractivity contribution in [3.8, 4) is 0 Å². The first kappa shape index (κ1) is 94.0. The summed E-state index contributed by atoms with van der Waals surface area (Å²) in [6, 6.07) is -0.829. The molecule has 14 heteroatoms. The Morgan fingerprint density at radius 3 is 1.06 bits per heavy atom. The summed E-state index contributed by atoms with van der Waals surface area (Å²) in [5.41, 5.74) is 0. The lowest BCUT2D eigenvalue weighted by Crippen LogP contribution is -2.65. The molecular formula is C86H161NO13. The fourth-order valence-corrected chi connectivity index (χ4v) is 14.4. The zero-order valence-corrected chi connectivity index (χ0v) is 64.7. The van der Waals surface area contributed by atoms with Crippen molar-refractivity contribution >= 4 is 5.91 Å². The van der Waals surface area contributed by atoms with Crippen molar-refractivity contribution in [2.45, 2.75) is 473 Å². The molecule has 9 N–H and O–H groups in total. The van der Waals surface area contributed by atoms with E-state index in [2.05, 4.69) is 67.8 Å². The standard InChI is InChI=1S/C86H161NO13/c1-3-5-7-9-11-13-15-17-19-21-23-25-27-29-30-31-32-33-34-35-36-37-38-39-40-41-42-43-44-46-48-50-52-54-56-58-60-62-64-66-68-70-78(91)87-74(73-97-85-83(96)81(94)84(77(72-89)99-85)100-86-82(95)80(93)79(92)76(71-88)98-86)75(90)69-67-65-63-61-59-57-55-53-51-49-47-45-28-26-24-22-20-18-16-14-12-10-8-6-4-2/h5,7,11,13,17,19,23,25,74-77,79-86,88-90,92-96H,3-4,6,8-10,12,14-16,18,20-22,24,26-73H2,1-2H3,(H,87,91)/b7-5-,13-11-,19-17-,25-23-. The number of aliphatic hydroxyl groups excluding tert-OH is 8. The van der Waals surface area contributed by atoms with Crippen LogP contribution in [-0.4, -0.2) is 140 Å². The van der Waals surface area contributed by atoms with Gasteiger partial charge in [0.15, 0.2) is 12.6 Å². The van der Waals surface area contributed by atoms with Crippen LogP contribution < -0.4 is 5.32 Å². The molecule has 14 nitrogen and oxygen atoms in total. The van der Waals surface area contributed by atoms with Crippen molar-refractivity contribution in [3.63, 3.8) is 0 Å². The highest BCUT2D eigenvalue weighted by molar-refractivity contribution is 5.76. The minimum Gasteiger partial charge on any atom is -0.394 e. The van der Waals surface area contributed by atoms with Crippen LogP contribution in [0.4, 0.5) is 0 Å². The number of unbranched alkanes of at least 4 members (excludes halogenated alkanes) is 52. The predicted octanol–water partition coefficient (Wildman–Crippen LogP) is 20.1. The molecule has 2 aliphatic rings. The summed E-state index contributed by atoms with van der Waals surface area (Å²) >= 11 is 0. The molecule has 0 radical (unpaired) electrons. The van der Waals surface area contributed by atoms with Crippen LogP contribution in [-0.2, 0) is 23.7 Å². The van der Waals surface area contributed by atoms with Gasteiger partial charge >= 0.3 is 0 Å². The van der Waals surface area contributed by atoms with Gasteiger partial charge in [-0.2, -0.15) is 0 Å². The molecule has 0 bridgehead atoms. The minimum absolute atomic E-state index is 0.197. The summed E-state index contributed by atoms with van der Waals surface area (Å²) in [6.07, 6.45) is 77.5. The SMILES string of the molecule is CC/C=C\C/C=C\C/C=C\C/C=C\CCCCCCCCCCCCCCCCCCCCCCCCCCCCCCC(=O)NC(COC1OC(CO)C(OC2OC(CO)C(O)C(O)C2O)C(O)C1O)C(O)CCCCCCCCCCCCCCCCCCCCCCCCCCC. The lowest BCUT2D eigenvalue weighted by Gasteiger charge is -2.46. The predicted molar refractivity (Wildman–Crippen MR) is 415 cm³/mol. The van der Waals surface area contributed by atoms with Gasteiger partial charge in [0, 0.05) is 6.42 Å². The average molecular weight is 1420 g/mol. The summed E-state index contributed by atoms with van der Waals surface area (Å²) in [5, 5.41) is 87.9. The summed E-state index contributed by atoms with van der Waals surface area (Å²) in [7, 11) is 0. The Kier molecular flexibility index (Phi) is 65.8. The number of carbonyl (C=O) groups is 1. The van der Waals surface area contributed by atoms with Crippen LogP contribution in [0.5, 0.6) is 0 Å². The van der Waals surface area contributed by atoms with Crippen molar-refractivity contribution in [3.05, 3.63) is 48.6 Å². The minimum atomic E-state index is -1.78. The van der Waals surface area contributed by atoms with Gasteiger partial charge < -0.3 is 65.1 Å². The summed E-state index contributed by atoms with van der Waals surface area (Å²) in [6.45, 7) is 2.82. The van der Waals surface area contributed by atoms with Crippen molar-refractivity contribution in [1.29, 1.82) is 0 Å². The van der Waals surface area contributed by atoms with E-state index in [0.717, 1.165) is 77.0 Å². The van der Waals surface area contributed by atoms with E-state index < -0.39 is 86.8 Å². The molecular weight excluding hydrogens is 1250 g/mol. The second-order valence-corrected chi connectivity index (χ2v) is 30.3. The molecule has 2 aliphatic heterocycles. The fourth-order valence-electron chi connectivity index (χ4n) is 14.4. The summed E-state index contributed by atoms with van der Waals surface area (Å²) in [5.74, 6) is -0.197. The Hall–Kier alpha value is -2.05. The topological polar surface area (TPSA) is 228 Å². The number of aliphatic hydroxyl groups is 8. The van der Waals surface area contributed by atoms with Gasteiger partial charge in [0.2, 0.25) is 5.91 Å². The maximum absolute atomic E-state index is 13.4. The number of ether oxygens (including phenoxy) is 4. The first-order valence-electron chi connectivity index (χ1n) is 42.9. The molecule has 100 heavy (non-hydrogen) atoms. The van der Waals surface area contributed by atoms with Gasteiger partial charge in [-0.3, -0.25) is 4.79 Å². The molecule has 2 heterocycles. The second-order valence-electron chi connectivity index (χ2n) is 30.3. The number of amides is 1. The number of hydrogen-bond acceptors (Lipinski definition) is 13. The molecule has 0 saturated carbocycles. The van der Waals surface area contributed by atoms with E-state index >= 15 is 0 Å². The molecule has 0 aromatic rings. The van der Waals surface area contributed by atoms with Gasteiger partial charge in [0.25, 0.3) is 0 Å². The van der Waals surface area contributed by atoms with E-state index in [-0.39, 0.29) is 12.5 Å². The first-order chi connectivity index (χ1) is 49.1. The van der Waals surface area contributed by atoms with E-state index in [1.54, 1.807) is 0 Å². The van der Waals surface area contributed by atoms with Gasteiger partial charge in [-0.05, 0) is 51.4 Å². The van der Waals surface area contributed by atoms with E-state index in [1.807, 2.05) is 0 Å². The maximum atomic E-state index is 13.4. The van der Waals surface area contributed by atoms with Gasteiger partial charge in [-0.1, -0.05) is 390 Å². The molecule has 2 fully saturated rings. The molecule has 0 aliphatic carbocycles. The number of rotatable bonds is 73. The van der Waals surface area contributed by atoms with Crippen LogP contribution in [0.2, 0.25) is 0 Å². The summed E-state index contributed by atoms with van der Waals surface area (Å²) < 4.78 is 23.0. The van der Waals surface area contributed by atoms with E-state index in [9.17, 15) is 45.6 Å². The molecule has 0 spiro atoms. The molecule has 12 atom stereocenters. The Morgan fingerprint density at radius 1 is 0.370 bits per heavy atom. The van der Waals surface area contributed by atoms with Crippen LogP contribution in [0.3, 0.4) is 0 Å². The lowest BCUT2D eigenvalue weighted by atomic mass is 9.97. The van der Waals surface area contributed by atoms with Crippen LogP contribution in [0.1, 0.15) is 399 Å². The van der Waals surface area contributed by atoms with Gasteiger partial charge in [0.05, 0.1) is 32.0 Å². The molecule has 0 aromatic carbocycles. The van der Waals surface area contributed by atoms with E-state index in [1.165, 1.54) is 295 Å². The highest BCUT2D eigenvalue weighted by atomic mass is 16.7. The van der Waals surface area contributed by atoms with Crippen molar-refractivity contribution in [1.82, 2.24) is 5.32 Å². The summed E-state index contributed by atoms with van der Waals surface area (Å²) in [4.78, 5) is 13.4. The molecule has 2 rings (SSSR count). The number of nitrogens with one attached hydrogen (secondary N) is 1. The molecule has 2 saturated heterocycles. The highest BCUT2D eigenvalue weighted by Crippen LogP contribution is 2.31. The Balaban J connectivity index is 1.54. The zero-order chi connectivity index (χ0) is 72.2. The van der Waals surface area contributed by atoms with Gasteiger partial charge in [0.1, 0.15) is 48.8 Å². The quantitative estimate of drug-likeness (QED) is 0.0204. The fraction of sp³-hybridized carbons (Fsp3) is 0.895. The van der Waals surface area contributed by atoms with Crippen molar-refractivity contribution in [2.75, 3.05) is 19.8 Å². The third kappa shape index (κ3) is 52.0. The van der Waals surface area contributed by atoms with Gasteiger partial charge in [-0.15, -0.1) is 0 Å². The van der Waals surface area contributed by atoms with Crippen LogP contribution in [0.25, 0.3) is 0 Å². The van der Waals surface area contributed by atoms with Crippen molar-refractivity contribution < 1.29 is 64.6 Å². The molecule has 1 amide bonds. The van der Waals surface area contributed by atoms with Crippen LogP contribution in [0, 0.1) is 0 Å². The first-order valence-corrected chi connectivity index (χ1v) is 42.9. The third-order valence-electron chi connectivity index (χ3n) is 21.1. The number of carbonyl (C=O) groups excluding carboxylic acids is 1. The molecule has 12 unspecified atom stereocenters. The normalized spacial score (nSPS) is 22.0. The van der Waals surface area contributed by atoms with Gasteiger partial charge in [-0.25, -0.2) is 0 Å². The smallest absolute Gasteiger partial charge is 0.220 e. The van der Waals surface area contributed by atoms with Crippen molar-refractivity contribution in [2.24, 2.45) is 0 Å². The number of hydrogen-bond donors (Lipinski definition) is 9. The second kappa shape index (κ2) is 70.0. The third-order valence-corrected chi connectivity index (χ3v) is 21.1. The molecule has 0 aromatic heterocycles. The average Bonchev–Trinajstić information content (AvgIpc) is 0.791. The largest absolute Gasteiger partial charge is 0.394 e. The van der Waals surface area contributed by atoms with Crippen LogP contribution >= 0.6 is 0 Å². The van der Waals surface area contributed by atoms with Crippen LogP contribution in [0.15, 0.2) is 48.6 Å². The Morgan fingerprint density at radius 2 is 0.690 bits per heavy atom. The highest BCUT2D eigenvalue weighted by Gasteiger charge is 2.51. The van der Waals surface area contributed by atoms with E-state index in [0.29, 0.717) is 12.8 Å². The molecule has 588 valence electrons. The zero-order valence-electron chi connectivity index (χ0n) is 64.7. The maximum Gasteiger partial charge on any atom is 0.220 e. The van der Waals surface area contributed by atoms with E-state index in [4.69, 9.17) is 18.9 Å².